The molecule has 3 fully saturated rings. The molecule has 0 aromatic rings. The van der Waals surface area contributed by atoms with Gasteiger partial charge in [0, 0.05) is 6.54 Å². The third-order valence-corrected chi connectivity index (χ3v) is 11.7. The van der Waals surface area contributed by atoms with Crippen molar-refractivity contribution < 1.29 is 24.5 Å². The van der Waals surface area contributed by atoms with Gasteiger partial charge in [0.2, 0.25) is 0 Å². The van der Waals surface area contributed by atoms with Gasteiger partial charge in [0.25, 0.3) is 0 Å². The minimum Gasteiger partial charge on any atom is -0.480 e. The van der Waals surface area contributed by atoms with Gasteiger partial charge in [0.05, 0.1) is 25.8 Å². The summed E-state index contributed by atoms with van der Waals surface area (Å²) >= 11 is 0. The Labute approximate surface area is 236 Å². The maximum Gasteiger partial charge on any atom is 0.317 e. The van der Waals surface area contributed by atoms with Gasteiger partial charge < -0.3 is 14.9 Å². The molecule has 0 heterocycles. The molecule has 0 bridgehead atoms. The van der Waals surface area contributed by atoms with Gasteiger partial charge in [-0.15, -0.1) is 0 Å². The standard InChI is InChI=1S/C33H55NO5/c1-22(2)7-6-8-23(3)27-11-12-28-26-10-9-24-19-25(39-18-17-34(20-30(35)36)21-31(37)38)13-15-32(24,4)29(26)14-16-33(27,28)5/h9,22-23,25-29H,6-8,10-21H2,1-5H3,(H,35,36)(H,37,38)/t23-,25+,26?,27-,28?,29?,32+,33-/m1/s1. The minimum atomic E-state index is -1.01. The number of hydrogen-bond acceptors (Lipinski definition) is 4. The zero-order valence-corrected chi connectivity index (χ0v) is 25.3. The molecule has 4 aliphatic rings. The third kappa shape index (κ3) is 6.74. The molecule has 0 amide bonds. The van der Waals surface area contributed by atoms with Crippen LogP contribution in [-0.4, -0.2) is 59.4 Å². The highest BCUT2D eigenvalue weighted by atomic mass is 16.5. The first-order chi connectivity index (χ1) is 18.4. The number of hydrogen-bond donors (Lipinski definition) is 2. The molecule has 0 spiro atoms. The molecular formula is C33H55NO5. The maximum atomic E-state index is 11.1. The highest BCUT2D eigenvalue weighted by molar-refractivity contribution is 5.72. The zero-order chi connectivity index (χ0) is 28.4. The first-order valence-electron chi connectivity index (χ1n) is 15.9. The second kappa shape index (κ2) is 12.6. The summed E-state index contributed by atoms with van der Waals surface area (Å²) in [5, 5.41) is 18.2. The van der Waals surface area contributed by atoms with Gasteiger partial charge in [0.15, 0.2) is 0 Å². The molecule has 6 heteroatoms. The van der Waals surface area contributed by atoms with Crippen molar-refractivity contribution in [3.63, 3.8) is 0 Å². The molecule has 0 radical (unpaired) electrons. The SMILES string of the molecule is CC(C)CCC[C@@H](C)[C@H]1CCC2C3CC=C4C[C@@H](OCCN(CC(=O)O)CC(=O)O)CC[C@]4(C)C3CC[C@@]21C. The average Bonchev–Trinajstić information content (AvgIpc) is 3.20. The van der Waals surface area contributed by atoms with E-state index in [9.17, 15) is 9.59 Å². The molecule has 0 aromatic carbocycles. The number of rotatable bonds is 13. The Bertz CT molecular complexity index is 885. The number of nitrogens with zero attached hydrogens (tertiary/aromatic N) is 1. The Morgan fingerprint density at radius 2 is 1.72 bits per heavy atom. The van der Waals surface area contributed by atoms with E-state index in [4.69, 9.17) is 14.9 Å². The van der Waals surface area contributed by atoms with Gasteiger partial charge in [-0.3, -0.25) is 14.5 Å². The van der Waals surface area contributed by atoms with E-state index in [1.807, 2.05) is 0 Å². The second-order valence-electron chi connectivity index (χ2n) is 14.5. The monoisotopic (exact) mass is 545 g/mol. The fourth-order valence-corrected chi connectivity index (χ4v) is 9.74. The van der Waals surface area contributed by atoms with Gasteiger partial charge in [-0.2, -0.15) is 0 Å². The van der Waals surface area contributed by atoms with Crippen LogP contribution in [0.5, 0.6) is 0 Å². The van der Waals surface area contributed by atoms with Crippen molar-refractivity contribution in [1.82, 2.24) is 4.90 Å². The van der Waals surface area contributed by atoms with Crippen LogP contribution >= 0.6 is 0 Å². The van der Waals surface area contributed by atoms with Crippen LogP contribution in [0.3, 0.4) is 0 Å². The minimum absolute atomic E-state index is 0.147. The summed E-state index contributed by atoms with van der Waals surface area (Å²) in [5.74, 6) is 3.00. The van der Waals surface area contributed by atoms with Crippen LogP contribution in [-0.2, 0) is 14.3 Å². The van der Waals surface area contributed by atoms with Crippen molar-refractivity contribution in [1.29, 1.82) is 0 Å². The summed E-state index contributed by atoms with van der Waals surface area (Å²) in [6.45, 7) is 12.6. The summed E-state index contributed by atoms with van der Waals surface area (Å²) in [5.41, 5.74) is 2.38. The number of fused-ring (bicyclic) bond motifs is 5. The summed E-state index contributed by atoms with van der Waals surface area (Å²) < 4.78 is 6.21. The van der Waals surface area contributed by atoms with E-state index in [1.165, 1.54) is 56.3 Å². The lowest BCUT2D eigenvalue weighted by molar-refractivity contribution is -0.142. The van der Waals surface area contributed by atoms with Gasteiger partial charge in [0.1, 0.15) is 0 Å². The van der Waals surface area contributed by atoms with E-state index < -0.39 is 11.9 Å². The lowest BCUT2D eigenvalue weighted by Crippen LogP contribution is -2.51. The number of carbonyl (C=O) groups is 2. The highest BCUT2D eigenvalue weighted by Gasteiger charge is 2.59. The Hall–Kier alpha value is -1.40. The number of carboxylic acid groups (broad SMARTS) is 2. The van der Waals surface area contributed by atoms with Crippen molar-refractivity contribution in [3.8, 4) is 0 Å². The van der Waals surface area contributed by atoms with Crippen LogP contribution in [0.15, 0.2) is 11.6 Å². The first-order valence-corrected chi connectivity index (χ1v) is 15.9. The smallest absolute Gasteiger partial charge is 0.317 e. The summed E-state index contributed by atoms with van der Waals surface area (Å²) in [4.78, 5) is 23.6. The van der Waals surface area contributed by atoms with Crippen LogP contribution in [0.1, 0.15) is 105 Å². The van der Waals surface area contributed by atoms with Crippen LogP contribution in [0, 0.1) is 46.3 Å². The average molecular weight is 546 g/mol. The number of aliphatic carboxylic acids is 2. The largest absolute Gasteiger partial charge is 0.480 e. The lowest BCUT2D eigenvalue weighted by Gasteiger charge is -2.58. The van der Waals surface area contributed by atoms with E-state index in [2.05, 4.69) is 40.7 Å². The normalized spacial score (nSPS) is 36.7. The van der Waals surface area contributed by atoms with Crippen LogP contribution in [0.25, 0.3) is 0 Å². The van der Waals surface area contributed by atoms with Crippen LogP contribution in [0.4, 0.5) is 0 Å². The van der Waals surface area contributed by atoms with Gasteiger partial charge in [-0.05, 0) is 97.7 Å². The summed E-state index contributed by atoms with van der Waals surface area (Å²) in [7, 11) is 0. The molecule has 3 saturated carbocycles. The Morgan fingerprint density at radius 1 is 1.00 bits per heavy atom. The van der Waals surface area contributed by atoms with Crippen LogP contribution < -0.4 is 0 Å². The molecule has 222 valence electrons. The Kier molecular flexibility index (Phi) is 9.90. The van der Waals surface area contributed by atoms with Crippen molar-refractivity contribution in [2.24, 2.45) is 46.3 Å². The molecule has 2 N–H and O–H groups in total. The van der Waals surface area contributed by atoms with Crippen LogP contribution in [0.2, 0.25) is 0 Å². The highest BCUT2D eigenvalue weighted by Crippen LogP contribution is 2.67. The predicted octanol–water partition coefficient (Wildman–Crippen LogP) is 6.88. The van der Waals surface area contributed by atoms with Gasteiger partial charge >= 0.3 is 11.9 Å². The molecule has 4 aliphatic carbocycles. The van der Waals surface area contributed by atoms with E-state index >= 15 is 0 Å². The van der Waals surface area contributed by atoms with Gasteiger partial charge in [-0.25, -0.2) is 0 Å². The molecule has 0 aliphatic heterocycles. The van der Waals surface area contributed by atoms with E-state index in [1.54, 1.807) is 5.57 Å². The molecular weight excluding hydrogens is 490 g/mol. The molecule has 3 unspecified atom stereocenters. The van der Waals surface area contributed by atoms with Crippen molar-refractivity contribution >= 4 is 11.9 Å². The summed E-state index contributed by atoms with van der Waals surface area (Å²) in [6, 6.07) is 0. The second-order valence-corrected chi connectivity index (χ2v) is 14.5. The van der Waals surface area contributed by atoms with Crippen molar-refractivity contribution in [2.45, 2.75) is 111 Å². The Morgan fingerprint density at radius 3 is 2.38 bits per heavy atom. The van der Waals surface area contributed by atoms with E-state index in [-0.39, 0.29) is 24.6 Å². The molecule has 8 atom stereocenters. The lowest BCUT2D eigenvalue weighted by atomic mass is 9.47. The first kappa shape index (κ1) is 30.6. The van der Waals surface area contributed by atoms with E-state index in [0.29, 0.717) is 18.6 Å². The fourth-order valence-electron chi connectivity index (χ4n) is 9.74. The van der Waals surface area contributed by atoms with Gasteiger partial charge in [-0.1, -0.05) is 65.5 Å². The van der Waals surface area contributed by atoms with E-state index in [0.717, 1.165) is 54.8 Å². The zero-order valence-electron chi connectivity index (χ0n) is 25.3. The molecule has 0 saturated heterocycles. The molecule has 6 nitrogen and oxygen atoms in total. The summed E-state index contributed by atoms with van der Waals surface area (Å²) in [6.07, 6.45) is 16.9. The van der Waals surface area contributed by atoms with Crippen molar-refractivity contribution in [2.75, 3.05) is 26.2 Å². The quantitative estimate of drug-likeness (QED) is 0.245. The number of allylic oxidation sites excluding steroid dienone is 1. The fraction of sp³-hybridized carbons (Fsp3) is 0.879. The predicted molar refractivity (Wildman–Crippen MR) is 154 cm³/mol. The number of carboxylic acids is 2. The maximum absolute atomic E-state index is 11.1. The molecule has 0 aromatic heterocycles. The third-order valence-electron chi connectivity index (χ3n) is 11.7. The number of ether oxygens (including phenoxy) is 1. The topological polar surface area (TPSA) is 87.1 Å². The molecule has 39 heavy (non-hydrogen) atoms. The Balaban J connectivity index is 1.35. The molecule has 4 rings (SSSR count). The van der Waals surface area contributed by atoms with Crippen molar-refractivity contribution in [3.05, 3.63) is 11.6 Å².